The first kappa shape index (κ1) is 19.6. The fourth-order valence-electron chi connectivity index (χ4n) is 3.97. The molecule has 0 saturated heterocycles. The van der Waals surface area contributed by atoms with E-state index >= 15 is 0 Å². The molecule has 2 heterocycles. The Hall–Kier alpha value is -3.66. The van der Waals surface area contributed by atoms with Gasteiger partial charge in [0.2, 0.25) is 0 Å². The van der Waals surface area contributed by atoms with E-state index < -0.39 is 12.5 Å². The summed E-state index contributed by atoms with van der Waals surface area (Å²) in [6.45, 7) is 2.54. The van der Waals surface area contributed by atoms with Gasteiger partial charge in [-0.3, -0.25) is 4.90 Å². The molecule has 0 bridgehead atoms. The Labute approximate surface area is 173 Å². The van der Waals surface area contributed by atoms with E-state index in [9.17, 15) is 13.6 Å². The van der Waals surface area contributed by atoms with Crippen LogP contribution >= 0.6 is 0 Å². The molecular weight excluding hydrogens is 386 g/mol. The number of hydrogen-bond acceptors (Lipinski definition) is 3. The highest BCUT2D eigenvalue weighted by Gasteiger charge is 2.37. The lowest BCUT2D eigenvalue weighted by Gasteiger charge is -2.41. The number of alkyl halides is 2. The molecule has 0 saturated carbocycles. The minimum Gasteiger partial charge on any atom is -0.385 e. The maximum absolute atomic E-state index is 13.2. The zero-order chi connectivity index (χ0) is 21.3. The van der Waals surface area contributed by atoms with E-state index in [4.69, 9.17) is 5.26 Å². The van der Waals surface area contributed by atoms with Crippen LogP contribution in [0.4, 0.5) is 19.3 Å². The van der Waals surface area contributed by atoms with Crippen LogP contribution in [-0.4, -0.2) is 12.6 Å². The van der Waals surface area contributed by atoms with Gasteiger partial charge in [-0.2, -0.15) is 5.26 Å². The molecule has 0 spiro atoms. The highest BCUT2D eigenvalue weighted by molar-refractivity contribution is 5.98. The van der Waals surface area contributed by atoms with Gasteiger partial charge in [-0.15, -0.1) is 0 Å². The summed E-state index contributed by atoms with van der Waals surface area (Å²) in [6.07, 6.45) is -0.0981. The van der Waals surface area contributed by atoms with Crippen LogP contribution in [0, 0.1) is 11.3 Å². The highest BCUT2D eigenvalue weighted by Crippen LogP contribution is 2.40. The maximum Gasteiger partial charge on any atom is 0.327 e. The third-order valence-corrected chi connectivity index (χ3v) is 5.35. The summed E-state index contributed by atoms with van der Waals surface area (Å²) in [5, 5.41) is 15.4. The molecule has 2 aromatic rings. The Balaban J connectivity index is 1.85. The van der Waals surface area contributed by atoms with Crippen molar-refractivity contribution >= 4 is 11.7 Å². The number of urea groups is 1. The first-order chi connectivity index (χ1) is 14.5. The van der Waals surface area contributed by atoms with Gasteiger partial charge in [0.25, 0.3) is 6.43 Å². The number of rotatable bonds is 3. The molecule has 0 aliphatic carbocycles. The fraction of sp³-hybridized carbons (Fsp3) is 0.217. The molecule has 152 valence electrons. The monoisotopic (exact) mass is 406 g/mol. The molecule has 2 amide bonds. The van der Waals surface area contributed by atoms with E-state index in [0.717, 1.165) is 22.5 Å². The van der Waals surface area contributed by atoms with Crippen molar-refractivity contribution in [2.45, 2.75) is 25.8 Å². The number of allylic oxidation sites excluding steroid dienone is 1. The molecule has 0 radical (unpaired) electrons. The average Bonchev–Trinajstić information content (AvgIpc) is 2.78. The molecule has 30 heavy (non-hydrogen) atoms. The van der Waals surface area contributed by atoms with E-state index in [2.05, 4.69) is 16.7 Å². The number of carbonyl (C=O) groups is 1. The summed E-state index contributed by atoms with van der Waals surface area (Å²) in [5.41, 5.74) is 4.24. The average molecular weight is 406 g/mol. The van der Waals surface area contributed by atoms with Gasteiger partial charge in [-0.25, -0.2) is 13.6 Å². The summed E-state index contributed by atoms with van der Waals surface area (Å²) in [6, 6.07) is 14.3. The van der Waals surface area contributed by atoms with Crippen molar-refractivity contribution in [3.05, 3.63) is 88.3 Å². The Morgan fingerprint density at radius 3 is 2.67 bits per heavy atom. The molecule has 7 heteroatoms. The number of halogens is 2. The third-order valence-electron chi connectivity index (χ3n) is 5.35. The molecule has 1 unspecified atom stereocenters. The third kappa shape index (κ3) is 3.41. The zero-order valence-corrected chi connectivity index (χ0v) is 16.3. The molecule has 2 aliphatic rings. The van der Waals surface area contributed by atoms with Gasteiger partial charge in [-0.1, -0.05) is 30.3 Å². The van der Waals surface area contributed by atoms with Gasteiger partial charge < -0.3 is 10.6 Å². The fourth-order valence-corrected chi connectivity index (χ4v) is 3.97. The molecule has 0 aromatic heterocycles. The summed E-state index contributed by atoms with van der Waals surface area (Å²) >= 11 is 0. The van der Waals surface area contributed by atoms with Crippen molar-refractivity contribution < 1.29 is 13.6 Å². The first-order valence-electron chi connectivity index (χ1n) is 9.66. The molecule has 4 rings (SSSR count). The van der Waals surface area contributed by atoms with Crippen LogP contribution in [0.25, 0.3) is 0 Å². The van der Waals surface area contributed by atoms with Crippen molar-refractivity contribution in [2.75, 3.05) is 11.4 Å². The van der Waals surface area contributed by atoms with Gasteiger partial charge in [0, 0.05) is 35.5 Å². The largest absolute Gasteiger partial charge is 0.385 e. The second-order valence-electron chi connectivity index (χ2n) is 7.09. The number of benzene rings is 2. The van der Waals surface area contributed by atoms with Crippen LogP contribution in [0.15, 0.2) is 71.6 Å². The first-order valence-corrected chi connectivity index (χ1v) is 9.66. The van der Waals surface area contributed by atoms with Crippen LogP contribution in [0.3, 0.4) is 0 Å². The minimum atomic E-state index is -2.61. The number of amides is 2. The zero-order valence-electron chi connectivity index (χ0n) is 16.3. The number of nitrogens with one attached hydrogen (secondary N) is 2. The molecular formula is C23H20F2N4O. The molecule has 5 nitrogen and oxygen atoms in total. The summed E-state index contributed by atoms with van der Waals surface area (Å²) in [5.74, 6) is 0. The van der Waals surface area contributed by atoms with Crippen molar-refractivity contribution in [3.63, 3.8) is 0 Å². The van der Waals surface area contributed by atoms with E-state index in [-0.39, 0.29) is 11.6 Å². The number of nitrogens with zero attached hydrogens (tertiary/aromatic N) is 2. The van der Waals surface area contributed by atoms with Crippen molar-refractivity contribution in [1.82, 2.24) is 10.6 Å². The standard InChI is InChI=1S/C23H20F2N4O/c1-2-18-20-19(10-11-27-18)29(17-5-3-4-16(12-17)22(24)25)23(30)28-21(20)15-8-6-14(13-26)7-9-15/h2-9,12,21-22,27H,10-11H2,1H3,(H,28,30). The number of carbonyl (C=O) groups excluding carboxylic acids is 1. The molecule has 2 aliphatic heterocycles. The Morgan fingerprint density at radius 1 is 1.23 bits per heavy atom. The quantitative estimate of drug-likeness (QED) is 0.760. The van der Waals surface area contributed by atoms with Gasteiger partial charge in [-0.05, 0) is 36.8 Å². The summed E-state index contributed by atoms with van der Waals surface area (Å²) in [4.78, 5) is 14.6. The van der Waals surface area contributed by atoms with Crippen molar-refractivity contribution in [1.29, 1.82) is 5.26 Å². The lowest BCUT2D eigenvalue weighted by molar-refractivity contribution is 0.151. The Kier molecular flexibility index (Phi) is 5.23. The van der Waals surface area contributed by atoms with Crippen molar-refractivity contribution in [2.24, 2.45) is 0 Å². The van der Waals surface area contributed by atoms with E-state index in [1.165, 1.54) is 23.1 Å². The number of anilines is 1. The summed E-state index contributed by atoms with van der Waals surface area (Å²) < 4.78 is 26.5. The van der Waals surface area contributed by atoms with Gasteiger partial charge >= 0.3 is 6.03 Å². The van der Waals surface area contributed by atoms with Crippen LogP contribution in [-0.2, 0) is 0 Å². The molecule has 2 aromatic carbocycles. The SMILES string of the molecule is CC=C1NCCC2=C1C(c1ccc(C#N)cc1)NC(=O)N2c1cccc(C(F)F)c1. The lowest BCUT2D eigenvalue weighted by Crippen LogP contribution is -2.50. The molecule has 1 atom stereocenters. The molecule has 0 fully saturated rings. The number of nitriles is 1. The minimum absolute atomic E-state index is 0.128. The highest BCUT2D eigenvalue weighted by atomic mass is 19.3. The van der Waals surface area contributed by atoms with Crippen LogP contribution in [0.1, 0.15) is 42.5 Å². The van der Waals surface area contributed by atoms with Gasteiger partial charge in [0.15, 0.2) is 0 Å². The predicted molar refractivity (Wildman–Crippen MR) is 110 cm³/mol. The predicted octanol–water partition coefficient (Wildman–Crippen LogP) is 4.92. The topological polar surface area (TPSA) is 68.2 Å². The maximum atomic E-state index is 13.2. The van der Waals surface area contributed by atoms with Crippen LogP contribution < -0.4 is 15.5 Å². The van der Waals surface area contributed by atoms with E-state index in [0.29, 0.717) is 24.2 Å². The van der Waals surface area contributed by atoms with Crippen molar-refractivity contribution in [3.8, 4) is 6.07 Å². The second-order valence-corrected chi connectivity index (χ2v) is 7.09. The van der Waals surface area contributed by atoms with Crippen LogP contribution in [0.2, 0.25) is 0 Å². The summed E-state index contributed by atoms with van der Waals surface area (Å²) in [7, 11) is 0. The van der Waals surface area contributed by atoms with E-state index in [1.807, 2.05) is 25.1 Å². The normalized spacial score (nSPS) is 20.0. The smallest absolute Gasteiger partial charge is 0.327 e. The Morgan fingerprint density at radius 2 is 2.00 bits per heavy atom. The second kappa shape index (κ2) is 7.99. The van der Waals surface area contributed by atoms with Gasteiger partial charge in [0.05, 0.1) is 23.4 Å². The molecule has 2 N–H and O–H groups in total. The lowest BCUT2D eigenvalue weighted by atomic mass is 9.88. The van der Waals surface area contributed by atoms with Gasteiger partial charge in [0.1, 0.15) is 0 Å². The van der Waals surface area contributed by atoms with Crippen LogP contribution in [0.5, 0.6) is 0 Å². The van der Waals surface area contributed by atoms with E-state index in [1.54, 1.807) is 18.2 Å². The Bertz CT molecular complexity index is 1080. The number of hydrogen-bond donors (Lipinski definition) is 2.